The van der Waals surface area contributed by atoms with Crippen LogP contribution in [0.3, 0.4) is 0 Å². The maximum absolute atomic E-state index is 12.6. The minimum atomic E-state index is -0.277. The number of amides is 1. The second-order valence-electron chi connectivity index (χ2n) is 4.83. The van der Waals surface area contributed by atoms with E-state index >= 15 is 0 Å². The Bertz CT molecular complexity index is 674. The number of methoxy groups -OCH3 is 3. The lowest BCUT2D eigenvalue weighted by Gasteiger charge is -2.17. The summed E-state index contributed by atoms with van der Waals surface area (Å²) < 4.78 is 15.9. The van der Waals surface area contributed by atoms with Gasteiger partial charge in [-0.3, -0.25) is 9.78 Å². The zero-order valence-corrected chi connectivity index (χ0v) is 13.6. The van der Waals surface area contributed by atoms with Crippen LogP contribution in [0.2, 0.25) is 0 Å². The van der Waals surface area contributed by atoms with E-state index in [1.54, 1.807) is 18.3 Å². The number of nitrogens with one attached hydrogen (secondary N) is 1. The van der Waals surface area contributed by atoms with Gasteiger partial charge in [-0.05, 0) is 31.2 Å². The Morgan fingerprint density at radius 3 is 2.35 bits per heavy atom. The van der Waals surface area contributed by atoms with Crippen molar-refractivity contribution in [1.82, 2.24) is 10.3 Å². The third-order valence-corrected chi connectivity index (χ3v) is 3.43. The molecule has 0 aliphatic carbocycles. The lowest BCUT2D eigenvalue weighted by atomic mass is 10.1. The predicted octanol–water partition coefficient (Wildman–Crippen LogP) is 2.60. The van der Waals surface area contributed by atoms with E-state index in [4.69, 9.17) is 14.2 Å². The van der Waals surface area contributed by atoms with Crippen molar-refractivity contribution in [2.24, 2.45) is 0 Å². The van der Waals surface area contributed by atoms with Gasteiger partial charge in [-0.15, -0.1) is 0 Å². The summed E-state index contributed by atoms with van der Waals surface area (Å²) in [5, 5.41) is 2.90. The van der Waals surface area contributed by atoms with Gasteiger partial charge in [-0.25, -0.2) is 0 Å². The van der Waals surface area contributed by atoms with E-state index in [9.17, 15) is 4.79 Å². The number of pyridine rings is 1. The molecule has 0 fully saturated rings. The van der Waals surface area contributed by atoms with Gasteiger partial charge in [0.2, 0.25) is 5.75 Å². The van der Waals surface area contributed by atoms with Gasteiger partial charge in [0, 0.05) is 6.20 Å². The standard InChI is InChI=1S/C17H20N2O4/c1-11(13-7-5-6-10-18-13)19-17(20)12-8-9-14(21-2)16(23-4)15(12)22-3/h5-11H,1-4H3,(H,19,20). The van der Waals surface area contributed by atoms with Gasteiger partial charge in [0.25, 0.3) is 5.91 Å². The van der Waals surface area contributed by atoms with Gasteiger partial charge < -0.3 is 19.5 Å². The minimum absolute atomic E-state index is 0.235. The quantitative estimate of drug-likeness (QED) is 0.887. The molecule has 1 N–H and O–H groups in total. The van der Waals surface area contributed by atoms with E-state index in [0.29, 0.717) is 22.8 Å². The molecule has 1 amide bonds. The van der Waals surface area contributed by atoms with Gasteiger partial charge in [0.05, 0.1) is 38.6 Å². The molecule has 0 bridgehead atoms. The largest absolute Gasteiger partial charge is 0.493 e. The van der Waals surface area contributed by atoms with Crippen LogP contribution < -0.4 is 19.5 Å². The normalized spacial score (nSPS) is 11.5. The average Bonchev–Trinajstić information content (AvgIpc) is 2.60. The summed E-state index contributed by atoms with van der Waals surface area (Å²) in [5.41, 5.74) is 1.15. The molecule has 6 heteroatoms. The fraction of sp³-hybridized carbons (Fsp3) is 0.294. The Hall–Kier alpha value is -2.76. The zero-order valence-electron chi connectivity index (χ0n) is 13.6. The predicted molar refractivity (Wildman–Crippen MR) is 86.2 cm³/mol. The Morgan fingerprint density at radius 2 is 1.78 bits per heavy atom. The molecule has 1 atom stereocenters. The van der Waals surface area contributed by atoms with Crippen LogP contribution in [0.25, 0.3) is 0 Å². The zero-order chi connectivity index (χ0) is 16.8. The molecule has 23 heavy (non-hydrogen) atoms. The number of rotatable bonds is 6. The monoisotopic (exact) mass is 316 g/mol. The van der Waals surface area contributed by atoms with Crippen molar-refractivity contribution in [2.45, 2.75) is 13.0 Å². The molecular weight excluding hydrogens is 296 g/mol. The van der Waals surface area contributed by atoms with E-state index in [-0.39, 0.29) is 11.9 Å². The Balaban J connectivity index is 2.29. The Labute approximate surface area is 135 Å². The molecule has 122 valence electrons. The molecule has 0 radical (unpaired) electrons. The summed E-state index contributed by atoms with van der Waals surface area (Å²) in [6.45, 7) is 1.87. The Kier molecular flexibility index (Phi) is 5.41. The molecule has 0 saturated carbocycles. The smallest absolute Gasteiger partial charge is 0.255 e. The van der Waals surface area contributed by atoms with Crippen molar-refractivity contribution in [1.29, 1.82) is 0 Å². The second kappa shape index (κ2) is 7.49. The number of carbonyl (C=O) groups is 1. The molecule has 1 unspecified atom stereocenters. The average molecular weight is 316 g/mol. The van der Waals surface area contributed by atoms with Gasteiger partial charge >= 0.3 is 0 Å². The molecule has 6 nitrogen and oxygen atoms in total. The molecule has 0 spiro atoms. The van der Waals surface area contributed by atoms with E-state index in [1.165, 1.54) is 21.3 Å². The van der Waals surface area contributed by atoms with Crippen LogP contribution in [0.5, 0.6) is 17.2 Å². The highest BCUT2D eigenvalue weighted by atomic mass is 16.5. The first-order valence-corrected chi connectivity index (χ1v) is 7.13. The number of carbonyl (C=O) groups excluding carboxylic acids is 1. The SMILES string of the molecule is COc1ccc(C(=O)NC(C)c2ccccn2)c(OC)c1OC. The van der Waals surface area contributed by atoms with Crippen LogP contribution in [0, 0.1) is 0 Å². The first kappa shape index (κ1) is 16.6. The summed E-state index contributed by atoms with van der Waals surface area (Å²) in [5.74, 6) is 0.936. The van der Waals surface area contributed by atoms with Gasteiger partial charge in [0.15, 0.2) is 11.5 Å². The first-order valence-electron chi connectivity index (χ1n) is 7.13. The number of aromatic nitrogens is 1. The first-order chi connectivity index (χ1) is 11.1. The maximum atomic E-state index is 12.6. The number of ether oxygens (including phenoxy) is 3. The van der Waals surface area contributed by atoms with Crippen molar-refractivity contribution in [2.75, 3.05) is 21.3 Å². The lowest BCUT2D eigenvalue weighted by Crippen LogP contribution is -2.27. The highest BCUT2D eigenvalue weighted by Gasteiger charge is 2.22. The van der Waals surface area contributed by atoms with Gasteiger partial charge in [0.1, 0.15) is 0 Å². The van der Waals surface area contributed by atoms with Crippen molar-refractivity contribution in [3.63, 3.8) is 0 Å². The highest BCUT2D eigenvalue weighted by molar-refractivity contribution is 5.98. The van der Waals surface area contributed by atoms with Crippen LogP contribution in [-0.2, 0) is 0 Å². The topological polar surface area (TPSA) is 69.7 Å². The van der Waals surface area contributed by atoms with Crippen molar-refractivity contribution in [3.8, 4) is 17.2 Å². The van der Waals surface area contributed by atoms with Crippen LogP contribution >= 0.6 is 0 Å². The summed E-state index contributed by atoms with van der Waals surface area (Å²) in [7, 11) is 4.51. The maximum Gasteiger partial charge on any atom is 0.255 e. The molecule has 0 aliphatic rings. The number of hydrogen-bond acceptors (Lipinski definition) is 5. The molecule has 1 aromatic carbocycles. The van der Waals surface area contributed by atoms with Gasteiger partial charge in [-0.2, -0.15) is 0 Å². The molecular formula is C17H20N2O4. The second-order valence-corrected chi connectivity index (χ2v) is 4.83. The number of benzene rings is 1. The van der Waals surface area contributed by atoms with Crippen LogP contribution in [0.15, 0.2) is 36.5 Å². The third-order valence-electron chi connectivity index (χ3n) is 3.43. The van der Waals surface area contributed by atoms with Crippen molar-refractivity contribution in [3.05, 3.63) is 47.8 Å². The van der Waals surface area contributed by atoms with E-state index < -0.39 is 0 Å². The summed E-state index contributed by atoms with van der Waals surface area (Å²) >= 11 is 0. The van der Waals surface area contributed by atoms with Gasteiger partial charge in [-0.1, -0.05) is 6.07 Å². The number of nitrogens with zero attached hydrogens (tertiary/aromatic N) is 1. The van der Waals surface area contributed by atoms with E-state index in [2.05, 4.69) is 10.3 Å². The minimum Gasteiger partial charge on any atom is -0.493 e. The molecule has 0 saturated heterocycles. The summed E-state index contributed by atoms with van der Waals surface area (Å²) in [6.07, 6.45) is 1.69. The molecule has 1 heterocycles. The molecule has 0 aliphatic heterocycles. The van der Waals surface area contributed by atoms with Crippen LogP contribution in [0.4, 0.5) is 0 Å². The fourth-order valence-corrected chi connectivity index (χ4v) is 2.26. The van der Waals surface area contributed by atoms with Crippen LogP contribution in [-0.4, -0.2) is 32.2 Å². The fourth-order valence-electron chi connectivity index (χ4n) is 2.26. The van der Waals surface area contributed by atoms with Crippen LogP contribution in [0.1, 0.15) is 29.0 Å². The third kappa shape index (κ3) is 3.53. The van der Waals surface area contributed by atoms with Crippen molar-refractivity contribution >= 4 is 5.91 Å². The number of hydrogen-bond donors (Lipinski definition) is 1. The van der Waals surface area contributed by atoms with E-state index in [1.807, 2.05) is 25.1 Å². The summed E-state index contributed by atoms with van der Waals surface area (Å²) in [6, 6.07) is 8.64. The summed E-state index contributed by atoms with van der Waals surface area (Å²) in [4.78, 5) is 16.8. The highest BCUT2D eigenvalue weighted by Crippen LogP contribution is 2.39. The van der Waals surface area contributed by atoms with E-state index in [0.717, 1.165) is 5.69 Å². The lowest BCUT2D eigenvalue weighted by molar-refractivity contribution is 0.0935. The molecule has 2 aromatic rings. The van der Waals surface area contributed by atoms with Crippen molar-refractivity contribution < 1.29 is 19.0 Å². The molecule has 2 rings (SSSR count). The Morgan fingerprint density at radius 1 is 1.04 bits per heavy atom. The molecule has 1 aromatic heterocycles.